The van der Waals surface area contributed by atoms with Gasteiger partial charge in [-0.05, 0) is 42.0 Å². The van der Waals surface area contributed by atoms with E-state index in [1.165, 1.54) is 12.0 Å². The molecule has 2 aromatic rings. The molecule has 1 unspecified atom stereocenters. The highest BCUT2D eigenvalue weighted by Crippen LogP contribution is 2.44. The standard InChI is InChI=1S/C25H31NO5/c1-16(2)25(15-30-5,23(27)28)26(17(3)4)24(29)31-14-22-20-12-8-6-10-18(20)19-11-7-9-13-21(19)22/h6-13,16-17,22H,14-15H2,1-5H3,(H,27,28). The molecule has 0 aromatic heterocycles. The number of aliphatic carboxylic acids is 1. The predicted molar refractivity (Wildman–Crippen MR) is 119 cm³/mol. The number of fused-ring (bicyclic) bond motifs is 3. The first-order valence-electron chi connectivity index (χ1n) is 10.6. The summed E-state index contributed by atoms with van der Waals surface area (Å²) in [6.07, 6.45) is -0.648. The zero-order valence-corrected chi connectivity index (χ0v) is 18.8. The lowest BCUT2D eigenvalue weighted by Gasteiger charge is -2.44. The number of amides is 1. The van der Waals surface area contributed by atoms with Crippen LogP contribution in [0.5, 0.6) is 0 Å². The van der Waals surface area contributed by atoms with E-state index in [1.807, 2.05) is 24.3 Å². The van der Waals surface area contributed by atoms with Gasteiger partial charge in [0.15, 0.2) is 5.54 Å². The third kappa shape index (κ3) is 3.92. The highest BCUT2D eigenvalue weighted by molar-refractivity contribution is 5.85. The number of rotatable bonds is 8. The fraction of sp³-hybridized carbons (Fsp3) is 0.440. The van der Waals surface area contributed by atoms with Crippen LogP contribution in [0, 0.1) is 5.92 Å². The summed E-state index contributed by atoms with van der Waals surface area (Å²) >= 11 is 0. The first kappa shape index (κ1) is 22.8. The van der Waals surface area contributed by atoms with E-state index in [0.29, 0.717) is 0 Å². The maximum absolute atomic E-state index is 13.3. The Morgan fingerprint density at radius 1 is 1.00 bits per heavy atom. The molecule has 1 aliphatic rings. The van der Waals surface area contributed by atoms with E-state index in [1.54, 1.807) is 27.7 Å². The van der Waals surface area contributed by atoms with Gasteiger partial charge < -0.3 is 14.6 Å². The van der Waals surface area contributed by atoms with E-state index < -0.39 is 17.6 Å². The minimum Gasteiger partial charge on any atom is -0.479 e. The number of carboxylic acids is 1. The van der Waals surface area contributed by atoms with Gasteiger partial charge in [0, 0.05) is 19.1 Å². The average molecular weight is 426 g/mol. The van der Waals surface area contributed by atoms with E-state index in [2.05, 4.69) is 24.3 Å². The molecule has 2 aromatic carbocycles. The summed E-state index contributed by atoms with van der Waals surface area (Å²) in [7, 11) is 1.44. The van der Waals surface area contributed by atoms with Crippen molar-refractivity contribution in [2.24, 2.45) is 5.92 Å². The Morgan fingerprint density at radius 3 is 1.94 bits per heavy atom. The molecule has 0 saturated carbocycles. The Hall–Kier alpha value is -2.86. The summed E-state index contributed by atoms with van der Waals surface area (Å²) in [4.78, 5) is 27.0. The van der Waals surface area contributed by atoms with Crippen LogP contribution in [0.4, 0.5) is 4.79 Å². The number of methoxy groups -OCH3 is 1. The number of benzene rings is 2. The van der Waals surface area contributed by atoms with Gasteiger partial charge in [-0.15, -0.1) is 0 Å². The zero-order valence-electron chi connectivity index (χ0n) is 18.8. The maximum atomic E-state index is 13.3. The van der Waals surface area contributed by atoms with Crippen LogP contribution in [0.3, 0.4) is 0 Å². The van der Waals surface area contributed by atoms with Crippen molar-refractivity contribution in [3.05, 3.63) is 59.7 Å². The fourth-order valence-electron chi connectivity index (χ4n) is 4.64. The van der Waals surface area contributed by atoms with Gasteiger partial charge in [-0.25, -0.2) is 9.59 Å². The monoisotopic (exact) mass is 425 g/mol. The summed E-state index contributed by atoms with van der Waals surface area (Å²) in [5.41, 5.74) is 2.98. The Morgan fingerprint density at radius 2 is 1.52 bits per heavy atom. The van der Waals surface area contributed by atoms with E-state index in [-0.39, 0.29) is 31.1 Å². The molecular formula is C25H31NO5. The lowest BCUT2D eigenvalue weighted by atomic mass is 9.84. The summed E-state index contributed by atoms with van der Waals surface area (Å²) in [6.45, 7) is 7.14. The van der Waals surface area contributed by atoms with Crippen molar-refractivity contribution < 1.29 is 24.2 Å². The smallest absolute Gasteiger partial charge is 0.411 e. The Kier molecular flexibility index (Phi) is 6.70. The lowest BCUT2D eigenvalue weighted by Crippen LogP contribution is -2.65. The number of hydrogen-bond acceptors (Lipinski definition) is 4. The minimum absolute atomic E-state index is 0.0916. The van der Waals surface area contributed by atoms with Gasteiger partial charge in [0.25, 0.3) is 0 Å². The summed E-state index contributed by atoms with van der Waals surface area (Å²) in [6, 6.07) is 15.8. The second-order valence-corrected chi connectivity index (χ2v) is 8.58. The number of hydrogen-bond donors (Lipinski definition) is 1. The molecule has 1 N–H and O–H groups in total. The van der Waals surface area contributed by atoms with Gasteiger partial charge in [-0.2, -0.15) is 0 Å². The molecule has 3 rings (SSSR count). The molecule has 0 heterocycles. The lowest BCUT2D eigenvalue weighted by molar-refractivity contribution is -0.160. The maximum Gasteiger partial charge on any atom is 0.411 e. The topological polar surface area (TPSA) is 76.1 Å². The summed E-state index contributed by atoms with van der Waals surface area (Å²) in [5, 5.41) is 10.1. The van der Waals surface area contributed by atoms with Crippen molar-refractivity contribution in [3.63, 3.8) is 0 Å². The molecule has 31 heavy (non-hydrogen) atoms. The number of carbonyl (C=O) groups is 2. The molecule has 0 bridgehead atoms. The Labute approximate surface area is 183 Å². The van der Waals surface area contributed by atoms with Gasteiger partial charge in [-0.1, -0.05) is 62.4 Å². The van der Waals surface area contributed by atoms with Crippen LogP contribution < -0.4 is 0 Å². The van der Waals surface area contributed by atoms with Crippen molar-refractivity contribution in [1.29, 1.82) is 0 Å². The number of nitrogens with zero attached hydrogens (tertiary/aromatic N) is 1. The van der Waals surface area contributed by atoms with Gasteiger partial charge in [0.1, 0.15) is 6.61 Å². The molecule has 0 spiro atoms. The fourth-order valence-corrected chi connectivity index (χ4v) is 4.64. The van der Waals surface area contributed by atoms with Crippen molar-refractivity contribution >= 4 is 12.1 Å². The number of carboxylic acid groups (broad SMARTS) is 1. The second kappa shape index (κ2) is 9.10. The summed E-state index contributed by atoms with van der Waals surface area (Å²) in [5.74, 6) is -1.58. The quantitative estimate of drug-likeness (QED) is 0.659. The van der Waals surface area contributed by atoms with Gasteiger partial charge in [0.05, 0.1) is 6.61 Å². The second-order valence-electron chi connectivity index (χ2n) is 8.58. The highest BCUT2D eigenvalue weighted by Gasteiger charge is 2.51. The molecule has 0 saturated heterocycles. The highest BCUT2D eigenvalue weighted by atomic mass is 16.6. The van der Waals surface area contributed by atoms with Crippen LogP contribution in [-0.4, -0.2) is 54.0 Å². The van der Waals surface area contributed by atoms with E-state index in [9.17, 15) is 14.7 Å². The average Bonchev–Trinajstić information content (AvgIpc) is 3.05. The molecule has 0 fully saturated rings. The van der Waals surface area contributed by atoms with E-state index >= 15 is 0 Å². The third-order valence-corrected chi connectivity index (χ3v) is 6.17. The first-order valence-corrected chi connectivity index (χ1v) is 10.6. The molecular weight excluding hydrogens is 394 g/mol. The minimum atomic E-state index is -1.52. The van der Waals surface area contributed by atoms with E-state index in [0.717, 1.165) is 22.3 Å². The molecule has 1 amide bonds. The van der Waals surface area contributed by atoms with Crippen LogP contribution in [0.15, 0.2) is 48.5 Å². The number of carbonyl (C=O) groups excluding carboxylic acids is 1. The van der Waals surface area contributed by atoms with Crippen LogP contribution in [-0.2, 0) is 14.3 Å². The largest absolute Gasteiger partial charge is 0.479 e. The van der Waals surface area contributed by atoms with Crippen LogP contribution >= 0.6 is 0 Å². The molecule has 0 aliphatic heterocycles. The van der Waals surface area contributed by atoms with Crippen molar-refractivity contribution in [2.75, 3.05) is 20.3 Å². The predicted octanol–water partition coefficient (Wildman–Crippen LogP) is 4.77. The number of ether oxygens (including phenoxy) is 2. The van der Waals surface area contributed by atoms with E-state index in [4.69, 9.17) is 9.47 Å². The molecule has 166 valence electrons. The van der Waals surface area contributed by atoms with Crippen LogP contribution in [0.25, 0.3) is 11.1 Å². The normalized spacial score (nSPS) is 14.8. The van der Waals surface area contributed by atoms with Crippen molar-refractivity contribution in [2.45, 2.75) is 45.2 Å². The van der Waals surface area contributed by atoms with Gasteiger partial charge >= 0.3 is 12.1 Å². The Balaban J connectivity index is 1.90. The zero-order chi connectivity index (χ0) is 22.8. The van der Waals surface area contributed by atoms with Crippen molar-refractivity contribution in [1.82, 2.24) is 4.90 Å². The molecule has 1 atom stereocenters. The first-order chi connectivity index (χ1) is 14.8. The van der Waals surface area contributed by atoms with Crippen molar-refractivity contribution in [3.8, 4) is 11.1 Å². The molecule has 6 heteroatoms. The third-order valence-electron chi connectivity index (χ3n) is 6.17. The SMILES string of the molecule is COCC(C(=O)O)(C(C)C)N(C(=O)OCC1c2ccccc2-c2ccccc21)C(C)C. The van der Waals surface area contributed by atoms with Gasteiger partial charge in [0.2, 0.25) is 0 Å². The Bertz CT molecular complexity index is 909. The molecule has 0 radical (unpaired) electrons. The van der Waals surface area contributed by atoms with Crippen LogP contribution in [0.1, 0.15) is 44.7 Å². The van der Waals surface area contributed by atoms with Crippen LogP contribution in [0.2, 0.25) is 0 Å². The summed E-state index contributed by atoms with van der Waals surface area (Å²) < 4.78 is 11.0. The molecule has 6 nitrogen and oxygen atoms in total. The van der Waals surface area contributed by atoms with Gasteiger partial charge in [-0.3, -0.25) is 4.90 Å². The molecule has 1 aliphatic carbocycles.